The van der Waals surface area contributed by atoms with Crippen molar-refractivity contribution in [2.24, 2.45) is 5.73 Å². The van der Waals surface area contributed by atoms with Gasteiger partial charge in [0.05, 0.1) is 6.54 Å². The number of alkyl halides is 3. The maximum Gasteiger partial charge on any atom is 0.399 e. The van der Waals surface area contributed by atoms with Gasteiger partial charge in [0.2, 0.25) is 0 Å². The van der Waals surface area contributed by atoms with Gasteiger partial charge in [0.15, 0.2) is 0 Å². The Kier molecular flexibility index (Phi) is 3.10. The summed E-state index contributed by atoms with van der Waals surface area (Å²) in [6.45, 7) is -0.0178. The lowest BCUT2D eigenvalue weighted by Gasteiger charge is -1.96. The van der Waals surface area contributed by atoms with Crippen LogP contribution in [-0.4, -0.2) is 12.7 Å². The van der Waals surface area contributed by atoms with E-state index in [2.05, 4.69) is 5.92 Å². The normalized spacial score (nSPS) is 10.2. The first kappa shape index (κ1) is 8.31. The van der Waals surface area contributed by atoms with Gasteiger partial charge in [-0.25, -0.2) is 0 Å². The van der Waals surface area contributed by atoms with Gasteiger partial charge in [-0.2, -0.15) is 13.2 Å². The number of halogens is 3. The van der Waals surface area contributed by atoms with Gasteiger partial charge < -0.3 is 5.73 Å². The lowest BCUT2D eigenvalue weighted by molar-refractivity contribution is -0.123. The number of rotatable bonds is 0. The van der Waals surface area contributed by atoms with Gasteiger partial charge in [-0.3, -0.25) is 0 Å². The average Bonchev–Trinajstić information content (AvgIpc) is 1.63. The Morgan fingerprint density at radius 1 is 1.22 bits per heavy atom. The first-order chi connectivity index (χ1) is 4.06. The average molecular weight is 137 g/mol. The van der Waals surface area contributed by atoms with Gasteiger partial charge >= 0.3 is 6.18 Å². The third-order valence-electron chi connectivity index (χ3n) is 0.516. The van der Waals surface area contributed by atoms with Crippen LogP contribution in [0, 0.1) is 11.8 Å². The maximum atomic E-state index is 11.2. The quantitative estimate of drug-likeness (QED) is 0.493. The molecule has 0 aliphatic rings. The molecule has 0 aromatic carbocycles. The van der Waals surface area contributed by atoms with Crippen LogP contribution in [0.4, 0.5) is 13.2 Å². The summed E-state index contributed by atoms with van der Waals surface area (Å²) in [7, 11) is 0. The van der Waals surface area contributed by atoms with Crippen LogP contribution in [-0.2, 0) is 0 Å². The molecule has 0 atom stereocenters. The van der Waals surface area contributed by atoms with Crippen LogP contribution in [0.2, 0.25) is 0 Å². The molecule has 0 unspecified atom stereocenters. The third-order valence-corrected chi connectivity index (χ3v) is 0.516. The highest BCUT2D eigenvalue weighted by atomic mass is 19.4. The molecule has 0 aromatic rings. The minimum Gasteiger partial charge on any atom is -0.320 e. The summed E-state index contributed by atoms with van der Waals surface area (Å²) in [5.41, 5.74) is 4.82. The smallest absolute Gasteiger partial charge is 0.320 e. The van der Waals surface area contributed by atoms with Crippen molar-refractivity contribution >= 4 is 0 Å². The molecule has 0 rings (SSSR count). The number of hydrogen-bond acceptors (Lipinski definition) is 1. The Morgan fingerprint density at radius 3 is 2.11 bits per heavy atom. The van der Waals surface area contributed by atoms with Gasteiger partial charge in [-0.1, -0.05) is 11.8 Å². The van der Waals surface area contributed by atoms with Crippen LogP contribution in [0.1, 0.15) is 6.42 Å². The van der Waals surface area contributed by atoms with Crippen LogP contribution in [0.15, 0.2) is 0 Å². The monoisotopic (exact) mass is 137 g/mol. The van der Waals surface area contributed by atoms with Crippen LogP contribution < -0.4 is 5.73 Å². The van der Waals surface area contributed by atoms with E-state index in [9.17, 15) is 13.2 Å². The molecule has 2 N–H and O–H groups in total. The minimum atomic E-state index is -4.18. The van der Waals surface area contributed by atoms with Gasteiger partial charge in [-0.15, -0.1) is 0 Å². The molecular formula is C5H6F3N. The summed E-state index contributed by atoms with van der Waals surface area (Å²) in [4.78, 5) is 0. The molecule has 0 amide bonds. The fraction of sp³-hybridized carbons (Fsp3) is 0.600. The van der Waals surface area contributed by atoms with Gasteiger partial charge in [-0.05, 0) is 0 Å². The largest absolute Gasteiger partial charge is 0.399 e. The standard InChI is InChI=1S/C5H6F3N/c6-5(7,8)3-1-2-4-9/h3-4,9H2. The Bertz CT molecular complexity index is 127. The highest BCUT2D eigenvalue weighted by molar-refractivity contribution is 5.01. The first-order valence-corrected chi connectivity index (χ1v) is 2.29. The van der Waals surface area contributed by atoms with Crippen molar-refractivity contribution in [2.75, 3.05) is 6.54 Å². The lowest BCUT2D eigenvalue weighted by Crippen LogP contribution is -2.05. The van der Waals surface area contributed by atoms with E-state index in [4.69, 9.17) is 5.73 Å². The molecule has 0 fully saturated rings. The van der Waals surface area contributed by atoms with E-state index in [0.29, 0.717) is 0 Å². The van der Waals surface area contributed by atoms with E-state index in [0.717, 1.165) is 0 Å². The van der Waals surface area contributed by atoms with E-state index in [-0.39, 0.29) is 6.54 Å². The molecular weight excluding hydrogens is 131 g/mol. The Balaban J connectivity index is 3.50. The zero-order valence-corrected chi connectivity index (χ0v) is 4.63. The molecule has 0 saturated carbocycles. The van der Waals surface area contributed by atoms with E-state index < -0.39 is 12.6 Å². The molecule has 9 heavy (non-hydrogen) atoms. The molecule has 1 nitrogen and oxygen atoms in total. The molecule has 0 spiro atoms. The maximum absolute atomic E-state index is 11.2. The molecule has 0 heterocycles. The first-order valence-electron chi connectivity index (χ1n) is 2.29. The Morgan fingerprint density at radius 2 is 1.78 bits per heavy atom. The summed E-state index contributed by atoms with van der Waals surface area (Å²) in [5, 5.41) is 0. The molecule has 0 bridgehead atoms. The van der Waals surface area contributed by atoms with Crippen molar-refractivity contribution in [3.63, 3.8) is 0 Å². The molecule has 0 radical (unpaired) electrons. The summed E-state index contributed by atoms with van der Waals surface area (Å²) in [6, 6.07) is 0. The summed E-state index contributed by atoms with van der Waals surface area (Å²) >= 11 is 0. The van der Waals surface area contributed by atoms with Crippen molar-refractivity contribution in [2.45, 2.75) is 12.6 Å². The second-order valence-corrected chi connectivity index (χ2v) is 1.35. The Hall–Kier alpha value is -0.690. The van der Waals surface area contributed by atoms with E-state index >= 15 is 0 Å². The van der Waals surface area contributed by atoms with Crippen LogP contribution in [0.3, 0.4) is 0 Å². The van der Waals surface area contributed by atoms with E-state index in [1.165, 1.54) is 0 Å². The topological polar surface area (TPSA) is 26.0 Å². The lowest BCUT2D eigenvalue weighted by atomic mass is 10.4. The molecule has 4 heteroatoms. The highest BCUT2D eigenvalue weighted by Crippen LogP contribution is 2.17. The van der Waals surface area contributed by atoms with Crippen LogP contribution in [0.25, 0.3) is 0 Å². The predicted octanol–water partition coefficient (Wildman–Crippen LogP) is 0.901. The molecule has 52 valence electrons. The molecule has 0 aromatic heterocycles. The second-order valence-electron chi connectivity index (χ2n) is 1.35. The van der Waals surface area contributed by atoms with Crippen molar-refractivity contribution < 1.29 is 13.2 Å². The van der Waals surface area contributed by atoms with Crippen LogP contribution in [0.5, 0.6) is 0 Å². The molecule has 0 aliphatic carbocycles. The fourth-order valence-electron chi connectivity index (χ4n) is 0.235. The van der Waals surface area contributed by atoms with Crippen molar-refractivity contribution in [3.05, 3.63) is 0 Å². The molecule has 0 aliphatic heterocycles. The summed E-state index contributed by atoms with van der Waals surface area (Å²) in [5.74, 6) is 3.99. The van der Waals surface area contributed by atoms with Gasteiger partial charge in [0.25, 0.3) is 0 Å². The second kappa shape index (κ2) is 3.36. The van der Waals surface area contributed by atoms with E-state index in [1.54, 1.807) is 0 Å². The molecule has 0 saturated heterocycles. The van der Waals surface area contributed by atoms with Crippen LogP contribution >= 0.6 is 0 Å². The van der Waals surface area contributed by atoms with Gasteiger partial charge in [0.1, 0.15) is 6.42 Å². The van der Waals surface area contributed by atoms with Gasteiger partial charge in [0, 0.05) is 0 Å². The number of hydrogen-bond donors (Lipinski definition) is 1. The predicted molar refractivity (Wildman–Crippen MR) is 27.5 cm³/mol. The summed E-state index contributed by atoms with van der Waals surface area (Å²) in [6.07, 6.45) is -5.24. The van der Waals surface area contributed by atoms with E-state index in [1.807, 2.05) is 5.92 Å². The third kappa shape index (κ3) is 7.31. The van der Waals surface area contributed by atoms with Crippen molar-refractivity contribution in [3.8, 4) is 11.8 Å². The fourth-order valence-corrected chi connectivity index (χ4v) is 0.235. The highest BCUT2D eigenvalue weighted by Gasteiger charge is 2.24. The summed E-state index contributed by atoms with van der Waals surface area (Å²) < 4.78 is 33.7. The zero-order chi connectivity index (χ0) is 7.33. The van der Waals surface area contributed by atoms with Crippen molar-refractivity contribution in [1.29, 1.82) is 0 Å². The SMILES string of the molecule is NCC#CCC(F)(F)F. The Labute approximate surface area is 51.0 Å². The van der Waals surface area contributed by atoms with Crippen molar-refractivity contribution in [1.82, 2.24) is 0 Å². The zero-order valence-electron chi connectivity index (χ0n) is 4.63. The number of nitrogens with two attached hydrogens (primary N) is 1. The minimum absolute atomic E-state index is 0.0178.